The highest BCUT2D eigenvalue weighted by molar-refractivity contribution is 5.96. The van der Waals surface area contributed by atoms with E-state index in [2.05, 4.69) is 39.1 Å². The summed E-state index contributed by atoms with van der Waals surface area (Å²) in [7, 11) is 3.82. The van der Waals surface area contributed by atoms with E-state index in [0.29, 0.717) is 12.5 Å². The van der Waals surface area contributed by atoms with Crippen LogP contribution in [0.25, 0.3) is 16.9 Å². The lowest BCUT2D eigenvalue weighted by molar-refractivity contribution is 0.229. The lowest BCUT2D eigenvalue weighted by Gasteiger charge is -2.18. The van der Waals surface area contributed by atoms with Gasteiger partial charge < -0.3 is 9.80 Å². The highest BCUT2D eigenvalue weighted by Crippen LogP contribution is 2.26. The fourth-order valence-corrected chi connectivity index (χ4v) is 3.94. The van der Waals surface area contributed by atoms with Crippen molar-refractivity contribution in [3.8, 4) is 5.82 Å². The number of nitrogens with zero attached hydrogens (tertiary/aromatic N) is 7. The van der Waals surface area contributed by atoms with Gasteiger partial charge in [-0.15, -0.1) is 0 Å². The fourth-order valence-electron chi connectivity index (χ4n) is 3.94. The maximum atomic E-state index is 12.3. The SMILES string of the molecule is CN1CCN(c2ccc3c(c2)ncn3-c2ccnc(N(C)CCc3ccccc3)n2)C1=O. The molecule has 0 N–H and O–H groups in total. The molecule has 0 unspecified atom stereocenters. The van der Waals surface area contributed by atoms with Crippen molar-refractivity contribution in [3.05, 3.63) is 72.7 Å². The number of anilines is 2. The van der Waals surface area contributed by atoms with Gasteiger partial charge in [0.05, 0.1) is 11.0 Å². The van der Waals surface area contributed by atoms with Gasteiger partial charge >= 0.3 is 6.03 Å². The molecule has 5 rings (SSSR count). The average Bonchev–Trinajstić information content (AvgIpc) is 3.41. The molecule has 4 aromatic rings. The van der Waals surface area contributed by atoms with Crippen LogP contribution in [0, 0.1) is 0 Å². The first-order valence-corrected chi connectivity index (χ1v) is 10.7. The molecule has 3 heterocycles. The molecule has 32 heavy (non-hydrogen) atoms. The van der Waals surface area contributed by atoms with Crippen molar-refractivity contribution in [2.75, 3.05) is 43.5 Å². The minimum atomic E-state index is 0.0164. The standard InChI is InChI=1S/C24H25N7O/c1-28(13-11-18-6-4-3-5-7-18)23-25-12-10-22(27-23)31-17-26-20-16-19(8-9-21(20)31)30-15-14-29(2)24(30)32/h3-10,12,16-17H,11,13-15H2,1-2H3. The van der Waals surface area contributed by atoms with Crippen LogP contribution in [0.3, 0.4) is 0 Å². The van der Waals surface area contributed by atoms with Crippen molar-refractivity contribution < 1.29 is 4.79 Å². The second-order valence-corrected chi connectivity index (χ2v) is 8.02. The van der Waals surface area contributed by atoms with E-state index < -0.39 is 0 Å². The zero-order valence-corrected chi connectivity index (χ0v) is 18.2. The number of likely N-dealkylation sites (N-methyl/N-ethyl adjacent to an activating group) is 2. The average molecular weight is 428 g/mol. The minimum Gasteiger partial charge on any atom is -0.343 e. The number of carbonyl (C=O) groups excluding carboxylic acids is 1. The number of rotatable bonds is 6. The number of amides is 2. The Kier molecular flexibility index (Phi) is 5.18. The summed E-state index contributed by atoms with van der Waals surface area (Å²) in [5.74, 6) is 1.43. The quantitative estimate of drug-likeness (QED) is 0.472. The number of imidazole rings is 1. The van der Waals surface area contributed by atoms with Gasteiger partial charge in [-0.1, -0.05) is 30.3 Å². The molecule has 2 aromatic heterocycles. The summed E-state index contributed by atoms with van der Waals surface area (Å²) < 4.78 is 1.95. The van der Waals surface area contributed by atoms with Gasteiger partial charge in [-0.3, -0.25) is 9.47 Å². The number of benzene rings is 2. The number of aromatic nitrogens is 4. The van der Waals surface area contributed by atoms with E-state index in [4.69, 9.17) is 4.98 Å². The van der Waals surface area contributed by atoms with Crippen LogP contribution in [0.5, 0.6) is 0 Å². The number of hydrogen-bond acceptors (Lipinski definition) is 5. The van der Waals surface area contributed by atoms with E-state index in [1.807, 2.05) is 49.0 Å². The summed E-state index contributed by atoms with van der Waals surface area (Å²) in [6.07, 6.45) is 4.46. The summed E-state index contributed by atoms with van der Waals surface area (Å²) in [5.41, 5.74) is 3.91. The van der Waals surface area contributed by atoms with Crippen LogP contribution in [-0.4, -0.2) is 64.2 Å². The lowest BCUT2D eigenvalue weighted by Crippen LogP contribution is -2.29. The van der Waals surface area contributed by atoms with E-state index in [0.717, 1.165) is 42.0 Å². The second kappa shape index (κ2) is 8.30. The second-order valence-electron chi connectivity index (χ2n) is 8.02. The van der Waals surface area contributed by atoms with Gasteiger partial charge in [0.2, 0.25) is 5.95 Å². The Hall–Kier alpha value is -3.94. The van der Waals surface area contributed by atoms with Crippen molar-refractivity contribution >= 4 is 28.7 Å². The molecular formula is C24H25N7O. The molecule has 0 radical (unpaired) electrons. The maximum absolute atomic E-state index is 12.3. The van der Waals surface area contributed by atoms with Gasteiger partial charge in [-0.05, 0) is 36.2 Å². The molecule has 0 spiro atoms. The van der Waals surface area contributed by atoms with Crippen LogP contribution in [0.4, 0.5) is 16.4 Å². The van der Waals surface area contributed by atoms with Crippen LogP contribution in [0.15, 0.2) is 67.1 Å². The van der Waals surface area contributed by atoms with Crippen LogP contribution in [0.1, 0.15) is 5.56 Å². The first-order valence-electron chi connectivity index (χ1n) is 10.7. The molecule has 0 saturated carbocycles. The van der Waals surface area contributed by atoms with Gasteiger partial charge in [0.1, 0.15) is 12.1 Å². The third kappa shape index (κ3) is 3.75. The molecule has 1 fully saturated rings. The maximum Gasteiger partial charge on any atom is 0.324 e. The summed E-state index contributed by atoms with van der Waals surface area (Å²) >= 11 is 0. The topological polar surface area (TPSA) is 70.4 Å². The smallest absolute Gasteiger partial charge is 0.324 e. The molecule has 0 bridgehead atoms. The van der Waals surface area contributed by atoms with E-state index >= 15 is 0 Å². The van der Waals surface area contributed by atoms with Crippen LogP contribution in [0.2, 0.25) is 0 Å². The molecule has 8 nitrogen and oxygen atoms in total. The molecular weight excluding hydrogens is 402 g/mol. The number of fused-ring (bicyclic) bond motifs is 1. The monoisotopic (exact) mass is 427 g/mol. The Morgan fingerprint density at radius 2 is 1.88 bits per heavy atom. The largest absolute Gasteiger partial charge is 0.343 e. The Morgan fingerprint density at radius 3 is 2.66 bits per heavy atom. The number of hydrogen-bond donors (Lipinski definition) is 0. The minimum absolute atomic E-state index is 0.0164. The van der Waals surface area contributed by atoms with Gasteiger partial charge in [0.15, 0.2) is 0 Å². The summed E-state index contributed by atoms with van der Waals surface area (Å²) in [6, 6.07) is 18.2. The Labute approximate surface area is 186 Å². The molecule has 162 valence electrons. The van der Waals surface area contributed by atoms with Crippen LogP contribution in [-0.2, 0) is 6.42 Å². The lowest BCUT2D eigenvalue weighted by atomic mass is 10.1. The van der Waals surface area contributed by atoms with E-state index in [1.165, 1.54) is 5.56 Å². The Bertz CT molecular complexity index is 1250. The van der Waals surface area contributed by atoms with Crippen molar-refractivity contribution in [3.63, 3.8) is 0 Å². The predicted octanol–water partition coefficient (Wildman–Crippen LogP) is 3.37. The van der Waals surface area contributed by atoms with Gasteiger partial charge in [0.25, 0.3) is 0 Å². The van der Waals surface area contributed by atoms with Crippen LogP contribution >= 0.6 is 0 Å². The van der Waals surface area contributed by atoms with Crippen LogP contribution < -0.4 is 9.80 Å². The summed E-state index contributed by atoms with van der Waals surface area (Å²) in [5, 5.41) is 0. The first-order chi connectivity index (χ1) is 15.6. The van der Waals surface area contributed by atoms with E-state index in [-0.39, 0.29) is 6.03 Å². The summed E-state index contributed by atoms with van der Waals surface area (Å²) in [4.78, 5) is 31.7. The van der Waals surface area contributed by atoms with E-state index in [1.54, 1.807) is 22.3 Å². The Balaban J connectivity index is 1.38. The molecule has 1 aliphatic rings. The van der Waals surface area contributed by atoms with Crippen molar-refractivity contribution in [2.24, 2.45) is 0 Å². The molecule has 2 aromatic carbocycles. The fraction of sp³-hybridized carbons (Fsp3) is 0.250. The molecule has 8 heteroatoms. The zero-order valence-electron chi connectivity index (χ0n) is 18.2. The predicted molar refractivity (Wildman–Crippen MR) is 125 cm³/mol. The summed E-state index contributed by atoms with van der Waals surface area (Å²) in [6.45, 7) is 2.23. The van der Waals surface area contributed by atoms with Crippen molar-refractivity contribution in [1.82, 2.24) is 24.4 Å². The van der Waals surface area contributed by atoms with Gasteiger partial charge in [0, 0.05) is 45.6 Å². The van der Waals surface area contributed by atoms with Crippen molar-refractivity contribution in [1.29, 1.82) is 0 Å². The number of carbonyl (C=O) groups is 1. The van der Waals surface area contributed by atoms with Crippen molar-refractivity contribution in [2.45, 2.75) is 6.42 Å². The molecule has 1 saturated heterocycles. The molecule has 0 atom stereocenters. The zero-order chi connectivity index (χ0) is 22.1. The third-order valence-corrected chi connectivity index (χ3v) is 5.85. The van der Waals surface area contributed by atoms with Gasteiger partial charge in [-0.2, -0.15) is 4.98 Å². The third-order valence-electron chi connectivity index (χ3n) is 5.85. The highest BCUT2D eigenvalue weighted by atomic mass is 16.2. The normalized spacial score (nSPS) is 13.9. The molecule has 1 aliphatic heterocycles. The van der Waals surface area contributed by atoms with E-state index in [9.17, 15) is 4.79 Å². The highest BCUT2D eigenvalue weighted by Gasteiger charge is 2.26. The molecule has 0 aliphatic carbocycles. The number of urea groups is 1. The molecule has 2 amide bonds. The first kappa shape index (κ1) is 20.0. The Morgan fingerprint density at radius 1 is 1.03 bits per heavy atom. The van der Waals surface area contributed by atoms with Gasteiger partial charge in [-0.25, -0.2) is 14.8 Å².